The Morgan fingerprint density at radius 2 is 2.06 bits per heavy atom. The number of benzene rings is 1. The molecule has 1 aliphatic rings. The van der Waals surface area contributed by atoms with E-state index in [1.807, 2.05) is 6.07 Å². The Hall–Kier alpha value is -1.75. The van der Waals surface area contributed by atoms with Gasteiger partial charge in [0.05, 0.1) is 5.56 Å². The van der Waals surface area contributed by atoms with E-state index < -0.39 is 5.91 Å². The molecule has 0 unspecified atom stereocenters. The Kier molecular flexibility index (Phi) is 3.49. The van der Waals surface area contributed by atoms with Crippen LogP contribution in [0.15, 0.2) is 18.2 Å². The number of amides is 1. The summed E-state index contributed by atoms with van der Waals surface area (Å²) in [5.74, 6) is -0.502. The average molecular weight is 235 g/mol. The number of anilines is 2. The number of nitrogens with two attached hydrogens (primary N) is 2. The number of hydrogen-bond donors (Lipinski definition) is 3. The zero-order chi connectivity index (χ0) is 12.3. The van der Waals surface area contributed by atoms with E-state index in [1.54, 1.807) is 12.1 Å². The Morgan fingerprint density at radius 3 is 2.71 bits per heavy atom. The van der Waals surface area contributed by atoms with Gasteiger partial charge in [-0.05, 0) is 31.0 Å². The maximum atomic E-state index is 11.2. The van der Waals surface area contributed by atoms with Crippen LogP contribution in [-0.4, -0.2) is 25.2 Å². The van der Waals surface area contributed by atoms with Crippen molar-refractivity contribution in [3.8, 4) is 0 Å². The van der Waals surface area contributed by atoms with Gasteiger partial charge in [-0.3, -0.25) is 4.79 Å². The van der Waals surface area contributed by atoms with Crippen LogP contribution >= 0.6 is 0 Å². The average Bonchev–Trinajstić information content (AvgIpc) is 2.32. The lowest BCUT2D eigenvalue weighted by Crippen LogP contribution is -2.28. The summed E-state index contributed by atoms with van der Waals surface area (Å²) in [6.45, 7) is 1.55. The van der Waals surface area contributed by atoms with Crippen molar-refractivity contribution in [2.45, 2.75) is 18.9 Å². The number of carbonyl (C=O) groups is 1. The van der Waals surface area contributed by atoms with E-state index in [9.17, 15) is 4.79 Å². The monoisotopic (exact) mass is 235 g/mol. The Labute approximate surface area is 100 Å². The first-order valence-electron chi connectivity index (χ1n) is 5.70. The van der Waals surface area contributed by atoms with Crippen LogP contribution in [0.2, 0.25) is 0 Å². The standard InChI is InChI=1S/C12H17N3O2/c13-11-2-1-9(7-10(11)12(14)16)15-8-3-5-17-6-4-8/h1-2,7-8,15H,3-6,13H2,(H2,14,16). The molecule has 0 atom stereocenters. The molecule has 1 heterocycles. The highest BCUT2D eigenvalue weighted by molar-refractivity contribution is 5.98. The van der Waals surface area contributed by atoms with E-state index in [2.05, 4.69) is 5.32 Å². The predicted molar refractivity (Wildman–Crippen MR) is 66.8 cm³/mol. The fourth-order valence-corrected chi connectivity index (χ4v) is 1.94. The number of hydrogen-bond acceptors (Lipinski definition) is 4. The summed E-state index contributed by atoms with van der Waals surface area (Å²) in [6.07, 6.45) is 1.94. The summed E-state index contributed by atoms with van der Waals surface area (Å²) in [5, 5.41) is 3.36. The molecule has 0 spiro atoms. The molecule has 0 radical (unpaired) electrons. The van der Waals surface area contributed by atoms with Crippen molar-refractivity contribution in [1.82, 2.24) is 0 Å². The minimum Gasteiger partial charge on any atom is -0.398 e. The highest BCUT2D eigenvalue weighted by Crippen LogP contribution is 2.20. The van der Waals surface area contributed by atoms with Gasteiger partial charge in [-0.15, -0.1) is 0 Å². The number of rotatable bonds is 3. The molecule has 5 nitrogen and oxygen atoms in total. The second-order valence-electron chi connectivity index (χ2n) is 4.20. The largest absolute Gasteiger partial charge is 0.398 e. The van der Waals surface area contributed by atoms with Crippen molar-refractivity contribution in [1.29, 1.82) is 0 Å². The Bertz CT molecular complexity index is 414. The lowest BCUT2D eigenvalue weighted by atomic mass is 10.1. The smallest absolute Gasteiger partial charge is 0.250 e. The van der Waals surface area contributed by atoms with Gasteiger partial charge in [0.25, 0.3) is 5.91 Å². The quantitative estimate of drug-likeness (QED) is 0.680. The maximum absolute atomic E-state index is 11.2. The van der Waals surface area contributed by atoms with Gasteiger partial charge in [-0.25, -0.2) is 0 Å². The highest BCUT2D eigenvalue weighted by atomic mass is 16.5. The Morgan fingerprint density at radius 1 is 1.35 bits per heavy atom. The molecule has 1 aromatic rings. The summed E-state index contributed by atoms with van der Waals surface area (Å²) in [7, 11) is 0. The molecule has 17 heavy (non-hydrogen) atoms. The van der Waals surface area contributed by atoms with Gasteiger partial charge < -0.3 is 21.5 Å². The molecular formula is C12H17N3O2. The molecule has 0 bridgehead atoms. The molecule has 5 N–H and O–H groups in total. The number of carbonyl (C=O) groups excluding carboxylic acids is 1. The number of nitrogen functional groups attached to an aromatic ring is 1. The maximum Gasteiger partial charge on any atom is 0.250 e. The summed E-state index contributed by atoms with van der Waals surface area (Å²) >= 11 is 0. The number of nitrogens with one attached hydrogen (secondary N) is 1. The van der Waals surface area contributed by atoms with Gasteiger partial charge in [0.15, 0.2) is 0 Å². The third-order valence-corrected chi connectivity index (χ3v) is 2.91. The van der Waals surface area contributed by atoms with Gasteiger partial charge in [-0.2, -0.15) is 0 Å². The van der Waals surface area contributed by atoms with Crippen LogP contribution < -0.4 is 16.8 Å². The molecule has 2 rings (SSSR count). The minimum atomic E-state index is -0.502. The van der Waals surface area contributed by atoms with Crippen molar-refractivity contribution >= 4 is 17.3 Å². The lowest BCUT2D eigenvalue weighted by molar-refractivity contribution is 0.0904. The zero-order valence-electron chi connectivity index (χ0n) is 9.61. The van der Waals surface area contributed by atoms with E-state index >= 15 is 0 Å². The van der Waals surface area contributed by atoms with Gasteiger partial charge in [0.2, 0.25) is 0 Å². The second-order valence-corrected chi connectivity index (χ2v) is 4.20. The van der Waals surface area contributed by atoms with Crippen molar-refractivity contribution < 1.29 is 9.53 Å². The molecule has 0 aromatic heterocycles. The van der Waals surface area contributed by atoms with E-state index in [0.717, 1.165) is 31.7 Å². The van der Waals surface area contributed by atoms with Gasteiger partial charge >= 0.3 is 0 Å². The van der Waals surface area contributed by atoms with Crippen LogP contribution in [0.1, 0.15) is 23.2 Å². The second kappa shape index (κ2) is 5.05. The predicted octanol–water partition coefficient (Wildman–Crippen LogP) is 0.959. The molecule has 0 saturated carbocycles. The van der Waals surface area contributed by atoms with E-state index in [-0.39, 0.29) is 0 Å². The third-order valence-electron chi connectivity index (χ3n) is 2.91. The molecule has 92 valence electrons. The van der Waals surface area contributed by atoms with Crippen molar-refractivity contribution in [3.05, 3.63) is 23.8 Å². The van der Waals surface area contributed by atoms with Gasteiger partial charge in [-0.1, -0.05) is 0 Å². The van der Waals surface area contributed by atoms with E-state index in [4.69, 9.17) is 16.2 Å². The van der Waals surface area contributed by atoms with Crippen LogP contribution in [-0.2, 0) is 4.74 Å². The van der Waals surface area contributed by atoms with Crippen molar-refractivity contribution in [2.75, 3.05) is 24.3 Å². The summed E-state index contributed by atoms with van der Waals surface area (Å²) in [6, 6.07) is 5.64. The SMILES string of the molecule is NC(=O)c1cc(NC2CCOCC2)ccc1N. The van der Waals surface area contributed by atoms with Crippen molar-refractivity contribution in [3.63, 3.8) is 0 Å². The van der Waals surface area contributed by atoms with Crippen LogP contribution in [0.5, 0.6) is 0 Å². The van der Waals surface area contributed by atoms with Crippen LogP contribution in [0, 0.1) is 0 Å². The summed E-state index contributed by atoms with van der Waals surface area (Å²) < 4.78 is 5.28. The normalized spacial score (nSPS) is 16.7. The molecular weight excluding hydrogens is 218 g/mol. The van der Waals surface area contributed by atoms with Crippen LogP contribution in [0.25, 0.3) is 0 Å². The fraction of sp³-hybridized carbons (Fsp3) is 0.417. The van der Waals surface area contributed by atoms with Gasteiger partial charge in [0.1, 0.15) is 0 Å². The van der Waals surface area contributed by atoms with E-state index in [0.29, 0.717) is 17.3 Å². The zero-order valence-corrected chi connectivity index (χ0v) is 9.61. The third kappa shape index (κ3) is 2.88. The van der Waals surface area contributed by atoms with Crippen molar-refractivity contribution in [2.24, 2.45) is 5.73 Å². The molecule has 1 saturated heterocycles. The first-order chi connectivity index (χ1) is 8.16. The van der Waals surface area contributed by atoms with E-state index in [1.165, 1.54) is 0 Å². The molecule has 1 fully saturated rings. The first kappa shape index (κ1) is 11.7. The molecule has 1 aromatic carbocycles. The Balaban J connectivity index is 2.10. The first-order valence-corrected chi connectivity index (χ1v) is 5.70. The highest BCUT2D eigenvalue weighted by Gasteiger charge is 2.14. The minimum absolute atomic E-state index is 0.363. The molecule has 0 aliphatic carbocycles. The molecule has 5 heteroatoms. The number of ether oxygens (including phenoxy) is 1. The van der Waals surface area contributed by atoms with Gasteiger partial charge in [0, 0.05) is 30.6 Å². The fourth-order valence-electron chi connectivity index (χ4n) is 1.94. The van der Waals surface area contributed by atoms with Crippen LogP contribution in [0.4, 0.5) is 11.4 Å². The lowest BCUT2D eigenvalue weighted by Gasteiger charge is -2.24. The molecule has 1 aliphatic heterocycles. The van der Waals surface area contributed by atoms with Crippen LogP contribution in [0.3, 0.4) is 0 Å². The summed E-state index contributed by atoms with van der Waals surface area (Å²) in [4.78, 5) is 11.2. The number of primary amides is 1. The topological polar surface area (TPSA) is 90.4 Å². The summed E-state index contributed by atoms with van der Waals surface area (Å²) in [5.41, 5.74) is 12.6. The molecule has 1 amide bonds.